The third-order valence-electron chi connectivity index (χ3n) is 14.6. The van der Waals surface area contributed by atoms with Gasteiger partial charge in [0, 0.05) is 25.7 Å². The summed E-state index contributed by atoms with van der Waals surface area (Å²) in [5, 5.41) is 10.5. The minimum absolute atomic E-state index is 0.103. The first-order valence-electron chi connectivity index (χ1n) is 33.3. The van der Waals surface area contributed by atoms with Crippen molar-refractivity contribution < 1.29 is 80.2 Å². The molecule has 3 N–H and O–H groups in total. The smallest absolute Gasteiger partial charge is 0.462 e. The molecule has 5 atom stereocenters. The van der Waals surface area contributed by atoms with Gasteiger partial charge in [0.15, 0.2) is 12.2 Å². The summed E-state index contributed by atoms with van der Waals surface area (Å²) in [6, 6.07) is 0. The summed E-state index contributed by atoms with van der Waals surface area (Å²) in [5.74, 6) is 0.0374. The number of carbonyl (C=O) groups is 4. The van der Waals surface area contributed by atoms with Gasteiger partial charge < -0.3 is 33.8 Å². The van der Waals surface area contributed by atoms with Crippen molar-refractivity contribution in [2.75, 3.05) is 39.6 Å². The topological polar surface area (TPSA) is 237 Å². The lowest BCUT2D eigenvalue weighted by Crippen LogP contribution is -2.30. The van der Waals surface area contributed by atoms with Gasteiger partial charge in [-0.15, -0.1) is 0 Å². The summed E-state index contributed by atoms with van der Waals surface area (Å²) in [7, 11) is -9.88. The van der Waals surface area contributed by atoms with Crippen molar-refractivity contribution in [1.29, 1.82) is 0 Å². The fraction of sp³-hybridized carbons (Fsp3) is 0.938. The molecule has 0 aliphatic heterocycles. The van der Waals surface area contributed by atoms with Gasteiger partial charge >= 0.3 is 39.5 Å². The average molecular weight is 1230 g/mol. The van der Waals surface area contributed by atoms with Crippen molar-refractivity contribution in [2.45, 2.75) is 330 Å². The van der Waals surface area contributed by atoms with Gasteiger partial charge in [-0.2, -0.15) is 0 Å². The number of unbranched alkanes of at least 4 members (excludes halogenated alkanes) is 30. The van der Waals surface area contributed by atoms with E-state index in [0.717, 1.165) is 109 Å². The van der Waals surface area contributed by atoms with E-state index in [1.54, 1.807) is 0 Å². The van der Waals surface area contributed by atoms with Gasteiger partial charge in [0.1, 0.15) is 19.3 Å². The van der Waals surface area contributed by atoms with Gasteiger partial charge in [0.25, 0.3) is 0 Å². The molecule has 0 aromatic rings. The van der Waals surface area contributed by atoms with E-state index < -0.39 is 97.5 Å². The molecule has 492 valence electrons. The Kier molecular flexibility index (Phi) is 54.1. The van der Waals surface area contributed by atoms with Crippen LogP contribution >= 0.6 is 15.6 Å². The van der Waals surface area contributed by atoms with E-state index in [4.69, 9.17) is 37.0 Å². The van der Waals surface area contributed by atoms with Gasteiger partial charge in [-0.3, -0.25) is 37.3 Å². The van der Waals surface area contributed by atoms with Crippen LogP contribution in [0, 0.1) is 17.8 Å². The molecule has 2 unspecified atom stereocenters. The largest absolute Gasteiger partial charge is 0.472 e. The fourth-order valence-corrected chi connectivity index (χ4v) is 11.1. The quantitative estimate of drug-likeness (QED) is 0.0222. The Morgan fingerprint density at radius 3 is 0.819 bits per heavy atom. The van der Waals surface area contributed by atoms with Crippen LogP contribution < -0.4 is 0 Å². The molecule has 17 nitrogen and oxygen atoms in total. The van der Waals surface area contributed by atoms with Crippen LogP contribution in [-0.2, 0) is 65.4 Å². The maximum Gasteiger partial charge on any atom is 0.472 e. The molecule has 0 spiro atoms. The van der Waals surface area contributed by atoms with Crippen LogP contribution in [0.5, 0.6) is 0 Å². The molecule has 0 aromatic carbocycles. The lowest BCUT2D eigenvalue weighted by molar-refractivity contribution is -0.161. The first-order chi connectivity index (χ1) is 39.7. The number of hydrogen-bond donors (Lipinski definition) is 3. The van der Waals surface area contributed by atoms with E-state index in [1.807, 2.05) is 0 Å². The highest BCUT2D eigenvalue weighted by Gasteiger charge is 2.30. The monoisotopic (exact) mass is 1230 g/mol. The van der Waals surface area contributed by atoms with Crippen molar-refractivity contribution in [1.82, 2.24) is 0 Å². The lowest BCUT2D eigenvalue weighted by atomic mass is 10.0. The average Bonchev–Trinajstić information content (AvgIpc) is 3.43. The molecule has 0 saturated heterocycles. The van der Waals surface area contributed by atoms with Gasteiger partial charge in [0.2, 0.25) is 0 Å². The third-order valence-corrected chi connectivity index (χ3v) is 16.5. The fourth-order valence-electron chi connectivity index (χ4n) is 9.48. The molecule has 0 aliphatic rings. The molecule has 83 heavy (non-hydrogen) atoms. The van der Waals surface area contributed by atoms with Crippen molar-refractivity contribution >= 4 is 39.5 Å². The normalized spacial score (nSPS) is 14.4. The Bertz CT molecular complexity index is 1650. The van der Waals surface area contributed by atoms with Crippen molar-refractivity contribution in [3.05, 3.63) is 0 Å². The van der Waals surface area contributed by atoms with Gasteiger partial charge in [-0.05, 0) is 43.4 Å². The second-order valence-corrected chi connectivity index (χ2v) is 27.5. The van der Waals surface area contributed by atoms with Crippen LogP contribution in [0.3, 0.4) is 0 Å². The highest BCUT2D eigenvalue weighted by molar-refractivity contribution is 7.47. The number of phosphoric acid groups is 2. The maximum absolute atomic E-state index is 13.0. The van der Waals surface area contributed by atoms with Crippen LogP contribution in [0.4, 0.5) is 0 Å². The molecule has 19 heteroatoms. The summed E-state index contributed by atoms with van der Waals surface area (Å²) < 4.78 is 67.9. The van der Waals surface area contributed by atoms with E-state index in [2.05, 4.69) is 48.5 Å². The molecule has 0 aliphatic carbocycles. The van der Waals surface area contributed by atoms with Crippen LogP contribution in [0.2, 0.25) is 0 Å². The van der Waals surface area contributed by atoms with E-state index in [9.17, 15) is 43.2 Å². The molecule has 0 fully saturated rings. The van der Waals surface area contributed by atoms with Crippen LogP contribution in [0.25, 0.3) is 0 Å². The van der Waals surface area contributed by atoms with Gasteiger partial charge in [-0.1, -0.05) is 260 Å². The second-order valence-electron chi connectivity index (χ2n) is 24.6. The number of phosphoric ester groups is 2. The molecular formula is C64H124O17P2. The molecule has 0 amide bonds. The summed E-state index contributed by atoms with van der Waals surface area (Å²) >= 11 is 0. The minimum Gasteiger partial charge on any atom is -0.462 e. The minimum atomic E-state index is -4.94. The Morgan fingerprint density at radius 2 is 0.554 bits per heavy atom. The summed E-state index contributed by atoms with van der Waals surface area (Å²) in [6.07, 6.45) is 36.4. The summed E-state index contributed by atoms with van der Waals surface area (Å²) in [4.78, 5) is 72.1. The number of esters is 4. The van der Waals surface area contributed by atoms with E-state index >= 15 is 0 Å². The highest BCUT2D eigenvalue weighted by Crippen LogP contribution is 2.45. The van der Waals surface area contributed by atoms with E-state index in [0.29, 0.717) is 37.5 Å². The van der Waals surface area contributed by atoms with Gasteiger partial charge in [0.05, 0.1) is 26.4 Å². The number of aliphatic hydroxyl groups is 1. The third kappa shape index (κ3) is 58.8. The van der Waals surface area contributed by atoms with Crippen molar-refractivity contribution in [3.8, 4) is 0 Å². The zero-order valence-corrected chi connectivity index (χ0v) is 55.4. The zero-order chi connectivity index (χ0) is 61.7. The zero-order valence-electron chi connectivity index (χ0n) is 53.6. The number of aliphatic hydroxyl groups excluding tert-OH is 1. The van der Waals surface area contributed by atoms with Crippen molar-refractivity contribution in [3.63, 3.8) is 0 Å². The number of ether oxygens (including phenoxy) is 4. The number of carbonyl (C=O) groups excluding carboxylic acids is 4. The summed E-state index contributed by atoms with van der Waals surface area (Å²) in [6.45, 7) is 11.7. The van der Waals surface area contributed by atoms with Crippen LogP contribution in [0.15, 0.2) is 0 Å². The molecule has 0 saturated carbocycles. The molecular weight excluding hydrogens is 1100 g/mol. The first kappa shape index (κ1) is 81.1. The number of hydrogen-bond acceptors (Lipinski definition) is 15. The first-order valence-corrected chi connectivity index (χ1v) is 36.3. The Balaban J connectivity index is 5.22. The predicted octanol–water partition coefficient (Wildman–Crippen LogP) is 17.5. The maximum atomic E-state index is 13.0. The van der Waals surface area contributed by atoms with Crippen LogP contribution in [-0.4, -0.2) is 96.7 Å². The standard InChI is InChI=1S/C64H124O17P2/c1-8-9-10-11-12-24-31-38-45-61(66)74-51-60(81-64(69)48-41-34-27-20-23-30-37-44-57(6)7)54-79-83(72,73)77-50-58(65)49-76-82(70,71)78-53-59(52-75-62(67)46-39-32-26-19-22-29-36-43-56(4)5)80-63(68)47-40-33-25-18-16-14-13-15-17-21-28-35-42-55(2)3/h55-60,65H,8-54H2,1-7H3,(H,70,71)(H,72,73)/t58-,59-,60-/m1/s1. The highest BCUT2D eigenvalue weighted by atomic mass is 31.2. The Hall–Kier alpha value is -1.94. The predicted molar refractivity (Wildman–Crippen MR) is 331 cm³/mol. The van der Waals surface area contributed by atoms with Crippen molar-refractivity contribution in [2.24, 2.45) is 17.8 Å². The van der Waals surface area contributed by atoms with Gasteiger partial charge in [-0.25, -0.2) is 9.13 Å². The molecule has 0 heterocycles. The molecule has 0 bridgehead atoms. The van der Waals surface area contributed by atoms with Crippen LogP contribution in [0.1, 0.15) is 312 Å². The molecule has 0 radical (unpaired) electrons. The second kappa shape index (κ2) is 55.4. The molecule has 0 aromatic heterocycles. The summed E-state index contributed by atoms with van der Waals surface area (Å²) in [5.41, 5.74) is 0. The lowest BCUT2D eigenvalue weighted by Gasteiger charge is -2.21. The number of rotatable bonds is 62. The SMILES string of the molecule is CCCCCCCCCCC(=O)OC[C@H](COP(=O)(O)OC[C@H](O)COP(=O)(O)OC[C@@H](COC(=O)CCCCCCCCCC(C)C)OC(=O)CCCCCCCCCCCCCCC(C)C)OC(=O)CCCCCCCCCC(C)C. The van der Waals surface area contributed by atoms with E-state index in [-0.39, 0.29) is 25.7 Å². The van der Waals surface area contributed by atoms with E-state index in [1.165, 1.54) is 109 Å². The Morgan fingerprint density at radius 1 is 0.325 bits per heavy atom. The Labute approximate surface area is 505 Å². The molecule has 0 rings (SSSR count).